The Labute approximate surface area is 126 Å². The number of hydrogen-bond acceptors (Lipinski definition) is 3. The second-order valence-electron chi connectivity index (χ2n) is 4.75. The van der Waals surface area contributed by atoms with Crippen LogP contribution in [0, 0.1) is 24.8 Å². The Morgan fingerprint density at radius 3 is 2.71 bits per heavy atom. The summed E-state index contributed by atoms with van der Waals surface area (Å²) in [5.74, 6) is 0.228. The minimum absolute atomic E-state index is 0.228. The van der Waals surface area contributed by atoms with E-state index in [1.54, 1.807) is 24.3 Å². The van der Waals surface area contributed by atoms with Crippen LogP contribution in [0.15, 0.2) is 36.4 Å². The lowest BCUT2D eigenvalue weighted by Gasteiger charge is -2.07. The molecular formula is C17H10N2OS. The topological polar surface area (TPSA) is 48.4 Å². The smallest absolute Gasteiger partial charge is 0.188 e. The molecule has 1 N–H and O–H groups in total. The molecule has 0 fully saturated rings. The van der Waals surface area contributed by atoms with Gasteiger partial charge in [0.25, 0.3) is 0 Å². The van der Waals surface area contributed by atoms with Crippen molar-refractivity contribution in [2.24, 2.45) is 0 Å². The Morgan fingerprint density at radius 1 is 1.24 bits per heavy atom. The highest BCUT2D eigenvalue weighted by atomic mass is 32.1. The second kappa shape index (κ2) is 4.94. The average Bonchev–Trinajstić information content (AvgIpc) is 2.92. The van der Waals surface area contributed by atoms with Gasteiger partial charge >= 0.3 is 0 Å². The molecule has 0 aliphatic rings. The molecule has 0 radical (unpaired) electrons. The molecule has 0 bridgehead atoms. The Hall–Kier alpha value is -2.82. The molecule has 0 saturated heterocycles. The predicted octanol–water partition coefficient (Wildman–Crippen LogP) is 5.00. The molecule has 1 aromatic heterocycles. The van der Waals surface area contributed by atoms with Gasteiger partial charge in [-0.2, -0.15) is 5.26 Å². The Balaban J connectivity index is 2.34. The fourth-order valence-electron chi connectivity index (χ4n) is 2.25. The van der Waals surface area contributed by atoms with E-state index < -0.39 is 0 Å². The highest BCUT2D eigenvalue weighted by Gasteiger charge is 2.11. The lowest BCUT2D eigenvalue weighted by molar-refractivity contribution is 0.471. The van der Waals surface area contributed by atoms with Crippen LogP contribution in [0.4, 0.5) is 5.69 Å². The van der Waals surface area contributed by atoms with Crippen LogP contribution in [0.2, 0.25) is 0 Å². The van der Waals surface area contributed by atoms with E-state index >= 15 is 0 Å². The third kappa shape index (κ3) is 2.23. The number of fused-ring (bicyclic) bond motifs is 1. The lowest BCUT2D eigenvalue weighted by atomic mass is 10.0. The number of nitriles is 1. The van der Waals surface area contributed by atoms with Gasteiger partial charge in [-0.25, -0.2) is 4.85 Å². The largest absolute Gasteiger partial charge is 0.508 e. The zero-order chi connectivity index (χ0) is 15.0. The molecule has 0 amide bonds. The summed E-state index contributed by atoms with van der Waals surface area (Å²) in [5.41, 5.74) is 3.06. The third-order valence-electron chi connectivity index (χ3n) is 3.36. The maximum absolute atomic E-state index is 9.90. The van der Waals surface area contributed by atoms with E-state index in [1.165, 1.54) is 11.3 Å². The van der Waals surface area contributed by atoms with Crippen LogP contribution in [-0.2, 0) is 0 Å². The fraction of sp³-hybridized carbons (Fsp3) is 0.0588. The first-order valence-electron chi connectivity index (χ1n) is 6.27. The number of aryl methyl sites for hydroxylation is 1. The average molecular weight is 290 g/mol. The van der Waals surface area contributed by atoms with Crippen LogP contribution >= 0.6 is 11.3 Å². The van der Waals surface area contributed by atoms with Crippen molar-refractivity contribution in [2.75, 3.05) is 0 Å². The minimum atomic E-state index is 0.228. The van der Waals surface area contributed by atoms with Gasteiger partial charge in [-0.3, -0.25) is 0 Å². The highest BCUT2D eigenvalue weighted by Crippen LogP contribution is 2.39. The molecule has 3 aromatic rings. The number of phenols is 1. The Bertz CT molecular complexity index is 942. The summed E-state index contributed by atoms with van der Waals surface area (Å²) in [6.45, 7) is 9.06. The normalized spacial score (nSPS) is 10.2. The molecule has 0 saturated carbocycles. The quantitative estimate of drug-likeness (QED) is 0.641. The lowest BCUT2D eigenvalue weighted by Crippen LogP contribution is -1.81. The third-order valence-corrected chi connectivity index (χ3v) is 4.45. The SMILES string of the molecule is [C-]#[N+]c1cc(-c2ccc(C)c(O)c2)c2sc(C#N)cc2c1. The van der Waals surface area contributed by atoms with E-state index in [2.05, 4.69) is 10.9 Å². The summed E-state index contributed by atoms with van der Waals surface area (Å²) in [6, 6.07) is 13.0. The van der Waals surface area contributed by atoms with Gasteiger partial charge in [-0.15, -0.1) is 11.3 Å². The molecule has 3 nitrogen and oxygen atoms in total. The van der Waals surface area contributed by atoms with Crippen molar-refractivity contribution in [2.45, 2.75) is 6.92 Å². The molecule has 21 heavy (non-hydrogen) atoms. The monoisotopic (exact) mass is 290 g/mol. The Morgan fingerprint density at radius 2 is 2.05 bits per heavy atom. The van der Waals surface area contributed by atoms with Crippen molar-refractivity contribution in [3.05, 3.63) is 58.3 Å². The molecule has 3 rings (SSSR count). The van der Waals surface area contributed by atoms with Crippen LogP contribution in [0.1, 0.15) is 10.4 Å². The van der Waals surface area contributed by atoms with Crippen LogP contribution in [0.5, 0.6) is 5.75 Å². The molecule has 100 valence electrons. The van der Waals surface area contributed by atoms with E-state index in [9.17, 15) is 5.11 Å². The van der Waals surface area contributed by atoms with Gasteiger partial charge in [-0.1, -0.05) is 12.1 Å². The molecule has 2 aromatic carbocycles. The van der Waals surface area contributed by atoms with Crippen molar-refractivity contribution in [3.8, 4) is 22.9 Å². The van der Waals surface area contributed by atoms with Crippen molar-refractivity contribution in [3.63, 3.8) is 0 Å². The number of phenolic OH excluding ortho intramolecular Hbond substituents is 1. The van der Waals surface area contributed by atoms with Crippen molar-refractivity contribution in [1.29, 1.82) is 5.26 Å². The standard InChI is InChI=1S/C17H10N2OS/c1-10-3-4-11(7-16(10)20)15-8-13(19-2)5-12-6-14(9-18)21-17(12)15/h3-8,20H,1H3. The molecule has 0 spiro atoms. The Kier molecular flexibility index (Phi) is 3.10. The maximum atomic E-state index is 9.90. The molecule has 4 heteroatoms. The number of hydrogen-bond donors (Lipinski definition) is 1. The summed E-state index contributed by atoms with van der Waals surface area (Å²) in [7, 11) is 0. The zero-order valence-corrected chi connectivity index (χ0v) is 12.0. The van der Waals surface area contributed by atoms with Crippen molar-refractivity contribution >= 4 is 27.1 Å². The van der Waals surface area contributed by atoms with Crippen LogP contribution in [-0.4, -0.2) is 5.11 Å². The summed E-state index contributed by atoms with van der Waals surface area (Å²) in [4.78, 5) is 4.11. The zero-order valence-electron chi connectivity index (χ0n) is 11.2. The number of benzene rings is 2. The number of nitrogens with zero attached hydrogens (tertiary/aromatic N) is 2. The number of thiophene rings is 1. The summed E-state index contributed by atoms with van der Waals surface area (Å²) in [6.07, 6.45) is 0. The van der Waals surface area contributed by atoms with Crippen molar-refractivity contribution < 1.29 is 5.11 Å². The highest BCUT2D eigenvalue weighted by molar-refractivity contribution is 7.20. The first-order chi connectivity index (χ1) is 10.1. The molecule has 0 aliphatic carbocycles. The van der Waals surface area contributed by atoms with Gasteiger partial charge in [0.1, 0.15) is 16.7 Å². The molecule has 0 atom stereocenters. The van der Waals surface area contributed by atoms with Crippen LogP contribution in [0.3, 0.4) is 0 Å². The van der Waals surface area contributed by atoms with Crippen LogP contribution in [0.25, 0.3) is 26.1 Å². The van der Waals surface area contributed by atoms with E-state index in [1.807, 2.05) is 19.1 Å². The van der Waals surface area contributed by atoms with E-state index in [0.29, 0.717) is 10.6 Å². The van der Waals surface area contributed by atoms with Gasteiger partial charge in [-0.05, 0) is 53.3 Å². The number of aromatic hydroxyl groups is 1. The number of rotatable bonds is 1. The summed E-state index contributed by atoms with van der Waals surface area (Å²) < 4.78 is 0.960. The van der Waals surface area contributed by atoms with E-state index in [0.717, 1.165) is 26.8 Å². The molecular weight excluding hydrogens is 280 g/mol. The molecule has 1 heterocycles. The van der Waals surface area contributed by atoms with Gasteiger partial charge in [0.2, 0.25) is 0 Å². The maximum Gasteiger partial charge on any atom is 0.188 e. The van der Waals surface area contributed by atoms with Gasteiger partial charge < -0.3 is 5.11 Å². The first-order valence-corrected chi connectivity index (χ1v) is 7.09. The van der Waals surface area contributed by atoms with Gasteiger partial charge in [0.15, 0.2) is 5.69 Å². The summed E-state index contributed by atoms with van der Waals surface area (Å²) >= 11 is 1.40. The van der Waals surface area contributed by atoms with Gasteiger partial charge in [0.05, 0.1) is 6.57 Å². The molecule has 0 aliphatic heterocycles. The van der Waals surface area contributed by atoms with E-state index in [4.69, 9.17) is 11.8 Å². The molecule has 0 unspecified atom stereocenters. The second-order valence-corrected chi connectivity index (χ2v) is 5.80. The fourth-order valence-corrected chi connectivity index (χ4v) is 3.22. The predicted molar refractivity (Wildman–Crippen MR) is 84.6 cm³/mol. The van der Waals surface area contributed by atoms with E-state index in [-0.39, 0.29) is 5.75 Å². The minimum Gasteiger partial charge on any atom is -0.508 e. The van der Waals surface area contributed by atoms with Crippen molar-refractivity contribution in [1.82, 2.24) is 0 Å². The first kappa shape index (κ1) is 13.2. The summed E-state index contributed by atoms with van der Waals surface area (Å²) in [5, 5.41) is 19.9. The van der Waals surface area contributed by atoms with Crippen LogP contribution < -0.4 is 0 Å². The van der Waals surface area contributed by atoms with Gasteiger partial charge in [0, 0.05) is 4.70 Å².